The Labute approximate surface area is 91.9 Å². The van der Waals surface area contributed by atoms with Crippen molar-refractivity contribution in [2.45, 2.75) is 25.4 Å². The molecule has 0 aromatic heterocycles. The van der Waals surface area contributed by atoms with Gasteiger partial charge in [0.05, 0.1) is 12.2 Å². The van der Waals surface area contributed by atoms with E-state index in [9.17, 15) is 0 Å². The molecule has 2 nitrogen and oxygen atoms in total. The predicted octanol–water partition coefficient (Wildman–Crippen LogP) is 2.47. The molecule has 0 spiro atoms. The van der Waals surface area contributed by atoms with E-state index in [-0.39, 0.29) is 5.60 Å². The fraction of sp³-hybridized carbons (Fsp3) is 0.538. The van der Waals surface area contributed by atoms with E-state index >= 15 is 0 Å². The maximum Gasteiger partial charge on any atom is 0.0891 e. The Bertz CT molecular complexity index is 325. The van der Waals surface area contributed by atoms with Crippen LogP contribution >= 0.6 is 0 Å². The maximum absolute atomic E-state index is 5.37. The summed E-state index contributed by atoms with van der Waals surface area (Å²) in [7, 11) is 4.13. The molecule has 1 atom stereocenters. The molecule has 1 aromatic carbocycles. The zero-order chi connectivity index (χ0) is 10.9. The zero-order valence-electron chi connectivity index (χ0n) is 9.79. The van der Waals surface area contributed by atoms with E-state index in [0.29, 0.717) is 0 Å². The Morgan fingerprint density at radius 2 is 1.87 bits per heavy atom. The van der Waals surface area contributed by atoms with Crippen LogP contribution in [0.2, 0.25) is 0 Å². The minimum atomic E-state index is 0.181. The first-order valence-corrected chi connectivity index (χ1v) is 5.49. The highest BCUT2D eigenvalue weighted by Gasteiger charge is 2.38. The minimum absolute atomic E-state index is 0.181. The van der Waals surface area contributed by atoms with Crippen molar-refractivity contribution in [3.63, 3.8) is 0 Å². The molecule has 1 aliphatic heterocycles. The van der Waals surface area contributed by atoms with Gasteiger partial charge in [-0.1, -0.05) is 12.1 Å². The molecule has 2 rings (SSSR count). The quantitative estimate of drug-likeness (QED) is 0.702. The minimum Gasteiger partial charge on any atom is -0.378 e. The van der Waals surface area contributed by atoms with Gasteiger partial charge in [0.25, 0.3) is 0 Å². The summed E-state index contributed by atoms with van der Waals surface area (Å²) in [5.41, 5.74) is 2.84. The van der Waals surface area contributed by atoms with Crippen LogP contribution in [-0.2, 0) is 11.2 Å². The highest BCUT2D eigenvalue weighted by atomic mass is 16.6. The molecule has 0 aliphatic carbocycles. The summed E-state index contributed by atoms with van der Waals surface area (Å²) >= 11 is 0. The highest BCUT2D eigenvalue weighted by Crippen LogP contribution is 2.31. The maximum atomic E-state index is 5.37. The zero-order valence-corrected chi connectivity index (χ0v) is 9.79. The summed E-state index contributed by atoms with van der Waals surface area (Å²) in [6.45, 7) is 3.12. The van der Waals surface area contributed by atoms with Crippen LogP contribution in [0.4, 0.5) is 5.69 Å². The molecule has 15 heavy (non-hydrogen) atoms. The van der Waals surface area contributed by atoms with Gasteiger partial charge < -0.3 is 9.64 Å². The van der Waals surface area contributed by atoms with Crippen LogP contribution in [0.3, 0.4) is 0 Å². The van der Waals surface area contributed by atoms with Crippen molar-refractivity contribution < 1.29 is 4.74 Å². The molecule has 1 saturated heterocycles. The lowest BCUT2D eigenvalue weighted by molar-refractivity contribution is 0.309. The van der Waals surface area contributed by atoms with E-state index in [0.717, 1.165) is 19.4 Å². The van der Waals surface area contributed by atoms with Gasteiger partial charge in [-0.05, 0) is 37.5 Å². The normalized spacial score (nSPS) is 23.9. The second-order valence-electron chi connectivity index (χ2n) is 4.80. The second-order valence-corrected chi connectivity index (χ2v) is 4.80. The summed E-state index contributed by atoms with van der Waals surface area (Å²) in [5, 5.41) is 0. The third-order valence-corrected chi connectivity index (χ3v) is 3.03. The van der Waals surface area contributed by atoms with Crippen LogP contribution in [0.5, 0.6) is 0 Å². The summed E-state index contributed by atoms with van der Waals surface area (Å²) in [6.07, 6.45) is 2.25. The lowest BCUT2D eigenvalue weighted by Crippen LogP contribution is -2.09. The summed E-state index contributed by atoms with van der Waals surface area (Å²) in [5.74, 6) is 0. The molecule has 1 unspecified atom stereocenters. The molecule has 82 valence electrons. The number of benzene rings is 1. The van der Waals surface area contributed by atoms with Crippen LogP contribution < -0.4 is 4.90 Å². The first-order valence-electron chi connectivity index (χ1n) is 5.49. The van der Waals surface area contributed by atoms with Gasteiger partial charge in [0.15, 0.2) is 0 Å². The molecule has 0 amide bonds. The Morgan fingerprint density at radius 3 is 2.33 bits per heavy atom. The standard InChI is InChI=1S/C13H19NO/c1-13(10-15-13)9-8-11-4-6-12(7-5-11)14(2)3/h4-7H,8-10H2,1-3H3. The summed E-state index contributed by atoms with van der Waals surface area (Å²) in [4.78, 5) is 2.12. The second kappa shape index (κ2) is 3.86. The van der Waals surface area contributed by atoms with E-state index in [2.05, 4.69) is 50.2 Å². The molecule has 0 saturated carbocycles. The molecule has 1 fully saturated rings. The van der Waals surface area contributed by atoms with Crippen molar-refractivity contribution >= 4 is 5.69 Å². The number of anilines is 1. The Kier molecular flexibility index (Phi) is 2.70. The number of aryl methyl sites for hydroxylation is 1. The fourth-order valence-corrected chi connectivity index (χ4v) is 1.64. The monoisotopic (exact) mass is 205 g/mol. The van der Waals surface area contributed by atoms with Gasteiger partial charge in [0, 0.05) is 19.8 Å². The Hall–Kier alpha value is -1.02. The van der Waals surface area contributed by atoms with E-state index in [1.165, 1.54) is 11.3 Å². The van der Waals surface area contributed by atoms with Crippen LogP contribution in [-0.4, -0.2) is 26.3 Å². The number of hydrogen-bond acceptors (Lipinski definition) is 2. The first kappa shape index (κ1) is 10.5. The van der Waals surface area contributed by atoms with Gasteiger partial charge in [-0.15, -0.1) is 0 Å². The van der Waals surface area contributed by atoms with Gasteiger partial charge in [-0.2, -0.15) is 0 Å². The Balaban J connectivity index is 1.92. The molecule has 1 aliphatic rings. The first-order chi connectivity index (χ1) is 7.09. The summed E-state index contributed by atoms with van der Waals surface area (Å²) < 4.78 is 5.37. The van der Waals surface area contributed by atoms with Crippen LogP contribution in [0.15, 0.2) is 24.3 Å². The van der Waals surface area contributed by atoms with E-state index in [1.54, 1.807) is 0 Å². The average molecular weight is 205 g/mol. The van der Waals surface area contributed by atoms with Crippen molar-refractivity contribution in [1.82, 2.24) is 0 Å². The molecular weight excluding hydrogens is 186 g/mol. The topological polar surface area (TPSA) is 15.8 Å². The molecule has 2 heteroatoms. The van der Waals surface area contributed by atoms with Crippen molar-refractivity contribution in [2.75, 3.05) is 25.6 Å². The van der Waals surface area contributed by atoms with Crippen molar-refractivity contribution in [1.29, 1.82) is 0 Å². The van der Waals surface area contributed by atoms with Gasteiger partial charge >= 0.3 is 0 Å². The van der Waals surface area contributed by atoms with Gasteiger partial charge in [-0.3, -0.25) is 0 Å². The fourth-order valence-electron chi connectivity index (χ4n) is 1.64. The SMILES string of the molecule is CN(C)c1ccc(CCC2(C)CO2)cc1. The third-order valence-electron chi connectivity index (χ3n) is 3.03. The molecule has 0 bridgehead atoms. The smallest absolute Gasteiger partial charge is 0.0891 e. The molecule has 1 heterocycles. The number of epoxide rings is 1. The summed E-state index contributed by atoms with van der Waals surface area (Å²) in [6, 6.07) is 8.76. The van der Waals surface area contributed by atoms with Gasteiger partial charge in [0.2, 0.25) is 0 Å². The predicted molar refractivity (Wildman–Crippen MR) is 63.4 cm³/mol. The van der Waals surface area contributed by atoms with Crippen LogP contribution in [0, 0.1) is 0 Å². The molecule has 0 radical (unpaired) electrons. The van der Waals surface area contributed by atoms with Crippen LogP contribution in [0.25, 0.3) is 0 Å². The lowest BCUT2D eigenvalue weighted by Gasteiger charge is -2.13. The lowest BCUT2D eigenvalue weighted by atomic mass is 10.0. The largest absolute Gasteiger partial charge is 0.378 e. The third kappa shape index (κ3) is 2.72. The number of ether oxygens (including phenoxy) is 1. The highest BCUT2D eigenvalue weighted by molar-refractivity contribution is 5.46. The average Bonchev–Trinajstić information content (AvgIpc) is 2.95. The van der Waals surface area contributed by atoms with Gasteiger partial charge in [-0.25, -0.2) is 0 Å². The van der Waals surface area contributed by atoms with Gasteiger partial charge in [0.1, 0.15) is 0 Å². The van der Waals surface area contributed by atoms with Crippen molar-refractivity contribution in [3.8, 4) is 0 Å². The number of nitrogens with zero attached hydrogens (tertiary/aromatic N) is 1. The van der Waals surface area contributed by atoms with Crippen LogP contribution in [0.1, 0.15) is 18.9 Å². The van der Waals surface area contributed by atoms with E-state index < -0.39 is 0 Å². The van der Waals surface area contributed by atoms with E-state index in [1.807, 2.05) is 0 Å². The molecular formula is C13H19NO. The molecule has 1 aromatic rings. The van der Waals surface area contributed by atoms with Crippen molar-refractivity contribution in [2.24, 2.45) is 0 Å². The number of hydrogen-bond donors (Lipinski definition) is 0. The Morgan fingerprint density at radius 1 is 1.27 bits per heavy atom. The molecule has 0 N–H and O–H groups in total. The van der Waals surface area contributed by atoms with Crippen molar-refractivity contribution in [3.05, 3.63) is 29.8 Å². The number of rotatable bonds is 4. The van der Waals surface area contributed by atoms with E-state index in [4.69, 9.17) is 4.74 Å².